The van der Waals surface area contributed by atoms with Gasteiger partial charge < -0.3 is 15.0 Å². The van der Waals surface area contributed by atoms with Crippen LogP contribution in [0.5, 0.6) is 0 Å². The predicted molar refractivity (Wildman–Crippen MR) is 86.2 cm³/mol. The first-order chi connectivity index (χ1) is 9.72. The van der Waals surface area contributed by atoms with Crippen molar-refractivity contribution >= 4 is 21.7 Å². The third-order valence-electron chi connectivity index (χ3n) is 3.72. The van der Waals surface area contributed by atoms with Crippen molar-refractivity contribution in [2.75, 3.05) is 31.7 Å². The van der Waals surface area contributed by atoms with Gasteiger partial charge >= 0.3 is 0 Å². The molecule has 1 aromatic heterocycles. The van der Waals surface area contributed by atoms with Crippen LogP contribution in [0.1, 0.15) is 31.7 Å². The molecule has 1 aliphatic heterocycles. The molecular weight excluding hydrogens is 318 g/mol. The summed E-state index contributed by atoms with van der Waals surface area (Å²) in [5, 5.41) is 3.46. The van der Waals surface area contributed by atoms with E-state index in [9.17, 15) is 0 Å². The standard InChI is InChI=1S/C15H24BrN3O/c1-3-6-17-10-12-9-13(16)11-18-15(12)19(2)14-4-7-20-8-5-14/h9,11,14,17H,3-8,10H2,1-2H3. The molecule has 0 aliphatic carbocycles. The van der Waals surface area contributed by atoms with Crippen molar-refractivity contribution < 1.29 is 4.74 Å². The molecule has 1 fully saturated rings. The Hall–Kier alpha value is -0.650. The van der Waals surface area contributed by atoms with Gasteiger partial charge in [-0.05, 0) is 47.8 Å². The maximum Gasteiger partial charge on any atom is 0.133 e. The minimum absolute atomic E-state index is 0.530. The molecule has 20 heavy (non-hydrogen) atoms. The fourth-order valence-corrected chi connectivity index (χ4v) is 2.95. The zero-order valence-corrected chi connectivity index (χ0v) is 13.9. The zero-order chi connectivity index (χ0) is 14.4. The van der Waals surface area contributed by atoms with Crippen LogP contribution in [0.4, 0.5) is 5.82 Å². The van der Waals surface area contributed by atoms with Gasteiger partial charge in [0.2, 0.25) is 0 Å². The third kappa shape index (κ3) is 4.17. The van der Waals surface area contributed by atoms with Gasteiger partial charge in [0.15, 0.2) is 0 Å². The molecule has 2 rings (SSSR count). The Bertz CT molecular complexity index is 422. The highest BCUT2D eigenvalue weighted by Gasteiger charge is 2.21. The minimum Gasteiger partial charge on any atom is -0.381 e. The number of hydrogen-bond donors (Lipinski definition) is 1. The summed E-state index contributed by atoms with van der Waals surface area (Å²) in [5.74, 6) is 1.09. The van der Waals surface area contributed by atoms with Gasteiger partial charge in [0.25, 0.3) is 0 Å². The van der Waals surface area contributed by atoms with Crippen molar-refractivity contribution in [2.24, 2.45) is 0 Å². The molecule has 0 unspecified atom stereocenters. The van der Waals surface area contributed by atoms with Gasteiger partial charge in [0.1, 0.15) is 5.82 Å². The molecule has 0 saturated carbocycles. The van der Waals surface area contributed by atoms with Crippen molar-refractivity contribution in [1.82, 2.24) is 10.3 Å². The minimum atomic E-state index is 0.530. The summed E-state index contributed by atoms with van der Waals surface area (Å²) in [6.45, 7) is 5.79. The summed E-state index contributed by atoms with van der Waals surface area (Å²) in [5.41, 5.74) is 1.25. The van der Waals surface area contributed by atoms with Crippen molar-refractivity contribution in [3.63, 3.8) is 0 Å². The predicted octanol–water partition coefficient (Wildman–Crippen LogP) is 2.96. The van der Waals surface area contributed by atoms with Crippen LogP contribution in [0.15, 0.2) is 16.7 Å². The highest BCUT2D eigenvalue weighted by atomic mass is 79.9. The lowest BCUT2D eigenvalue weighted by atomic mass is 10.1. The first-order valence-electron chi connectivity index (χ1n) is 7.38. The Balaban J connectivity index is 2.11. The Morgan fingerprint density at radius 1 is 1.45 bits per heavy atom. The topological polar surface area (TPSA) is 37.4 Å². The number of pyridine rings is 1. The molecular formula is C15H24BrN3O. The third-order valence-corrected chi connectivity index (χ3v) is 4.16. The average molecular weight is 342 g/mol. The maximum absolute atomic E-state index is 5.45. The maximum atomic E-state index is 5.45. The molecule has 2 heterocycles. The van der Waals surface area contributed by atoms with Crippen molar-refractivity contribution in [3.8, 4) is 0 Å². The molecule has 0 aromatic carbocycles. The van der Waals surface area contributed by atoms with Crippen LogP contribution in [-0.2, 0) is 11.3 Å². The van der Waals surface area contributed by atoms with E-state index in [4.69, 9.17) is 4.74 Å². The molecule has 1 aliphatic rings. The van der Waals surface area contributed by atoms with Crippen LogP contribution >= 0.6 is 15.9 Å². The van der Waals surface area contributed by atoms with E-state index in [1.54, 1.807) is 0 Å². The van der Waals surface area contributed by atoms with E-state index < -0.39 is 0 Å². The highest BCUT2D eigenvalue weighted by molar-refractivity contribution is 9.10. The largest absolute Gasteiger partial charge is 0.381 e. The van der Waals surface area contributed by atoms with Gasteiger partial charge in [-0.25, -0.2) is 4.98 Å². The number of aromatic nitrogens is 1. The van der Waals surface area contributed by atoms with Gasteiger partial charge in [-0.2, -0.15) is 0 Å². The van der Waals surface area contributed by atoms with E-state index in [0.717, 1.165) is 55.9 Å². The van der Waals surface area contributed by atoms with E-state index in [0.29, 0.717) is 6.04 Å². The molecule has 1 aromatic rings. The Labute approximate surface area is 130 Å². The monoisotopic (exact) mass is 341 g/mol. The van der Waals surface area contributed by atoms with Gasteiger partial charge in [0.05, 0.1) is 0 Å². The van der Waals surface area contributed by atoms with E-state index >= 15 is 0 Å². The van der Waals surface area contributed by atoms with Gasteiger partial charge in [-0.3, -0.25) is 0 Å². The first kappa shape index (κ1) is 15.7. The fraction of sp³-hybridized carbons (Fsp3) is 0.667. The SMILES string of the molecule is CCCNCc1cc(Br)cnc1N(C)C1CCOCC1. The normalized spacial score (nSPS) is 16.4. The number of anilines is 1. The molecule has 4 nitrogen and oxygen atoms in total. The number of halogens is 1. The smallest absolute Gasteiger partial charge is 0.133 e. The summed E-state index contributed by atoms with van der Waals surface area (Å²) in [7, 11) is 2.15. The first-order valence-corrected chi connectivity index (χ1v) is 8.17. The van der Waals surface area contributed by atoms with Crippen LogP contribution in [0.25, 0.3) is 0 Å². The second kappa shape index (κ2) is 7.96. The molecule has 112 valence electrons. The summed E-state index contributed by atoms with van der Waals surface area (Å²) in [6, 6.07) is 2.70. The summed E-state index contributed by atoms with van der Waals surface area (Å²) >= 11 is 3.52. The second-order valence-corrected chi connectivity index (χ2v) is 6.18. The summed E-state index contributed by atoms with van der Waals surface area (Å²) in [6.07, 6.45) is 5.19. The molecule has 0 spiro atoms. The number of nitrogens with zero attached hydrogens (tertiary/aromatic N) is 2. The van der Waals surface area contributed by atoms with Gasteiger partial charge in [-0.1, -0.05) is 6.92 Å². The lowest BCUT2D eigenvalue weighted by Crippen LogP contribution is -2.38. The Kier molecular flexibility index (Phi) is 6.26. The van der Waals surface area contributed by atoms with E-state index in [2.05, 4.69) is 51.2 Å². The number of rotatable bonds is 6. The number of hydrogen-bond acceptors (Lipinski definition) is 4. The number of nitrogens with one attached hydrogen (secondary N) is 1. The molecule has 0 amide bonds. The van der Waals surface area contributed by atoms with Crippen LogP contribution in [-0.4, -0.2) is 37.8 Å². The molecule has 1 saturated heterocycles. The van der Waals surface area contributed by atoms with Crippen LogP contribution < -0.4 is 10.2 Å². The average Bonchev–Trinajstić information content (AvgIpc) is 2.48. The molecule has 0 atom stereocenters. The Morgan fingerprint density at radius 2 is 2.20 bits per heavy atom. The lowest BCUT2D eigenvalue weighted by molar-refractivity contribution is 0.0853. The second-order valence-electron chi connectivity index (χ2n) is 5.27. The fourth-order valence-electron chi connectivity index (χ4n) is 2.57. The van der Waals surface area contributed by atoms with Crippen molar-refractivity contribution in [2.45, 2.75) is 38.8 Å². The van der Waals surface area contributed by atoms with Crippen LogP contribution in [0.2, 0.25) is 0 Å². The highest BCUT2D eigenvalue weighted by Crippen LogP contribution is 2.25. The number of ether oxygens (including phenoxy) is 1. The van der Waals surface area contributed by atoms with Crippen LogP contribution in [0.3, 0.4) is 0 Å². The van der Waals surface area contributed by atoms with E-state index in [1.807, 2.05) is 6.20 Å². The van der Waals surface area contributed by atoms with E-state index in [1.165, 1.54) is 5.56 Å². The quantitative estimate of drug-likeness (QED) is 0.807. The lowest BCUT2D eigenvalue weighted by Gasteiger charge is -2.33. The van der Waals surface area contributed by atoms with E-state index in [-0.39, 0.29) is 0 Å². The van der Waals surface area contributed by atoms with Gasteiger partial charge in [-0.15, -0.1) is 0 Å². The molecule has 1 N–H and O–H groups in total. The summed E-state index contributed by atoms with van der Waals surface area (Å²) < 4.78 is 6.48. The van der Waals surface area contributed by atoms with Gasteiger partial charge in [0, 0.05) is 49.1 Å². The van der Waals surface area contributed by atoms with Crippen LogP contribution in [0, 0.1) is 0 Å². The zero-order valence-electron chi connectivity index (χ0n) is 12.4. The molecule has 5 heteroatoms. The Morgan fingerprint density at radius 3 is 2.90 bits per heavy atom. The summed E-state index contributed by atoms with van der Waals surface area (Å²) in [4.78, 5) is 6.95. The van der Waals surface area contributed by atoms with Crippen molar-refractivity contribution in [3.05, 3.63) is 22.3 Å². The molecule has 0 radical (unpaired) electrons. The van der Waals surface area contributed by atoms with Crippen molar-refractivity contribution in [1.29, 1.82) is 0 Å². The molecule has 0 bridgehead atoms.